The predicted octanol–water partition coefficient (Wildman–Crippen LogP) is 6.30. The summed E-state index contributed by atoms with van der Waals surface area (Å²) in [6.07, 6.45) is 7.69. The van der Waals surface area contributed by atoms with Crippen molar-refractivity contribution in [3.05, 3.63) is 60.4 Å². The first-order valence-electron chi connectivity index (χ1n) is 17.8. The van der Waals surface area contributed by atoms with Crippen LogP contribution in [0.2, 0.25) is 0 Å². The lowest BCUT2D eigenvalue weighted by molar-refractivity contribution is -0.134. The van der Waals surface area contributed by atoms with Crippen LogP contribution >= 0.6 is 0 Å². The number of hydrogen-bond acceptors (Lipinski definition) is 7. The minimum atomic E-state index is -0.638. The quantitative estimate of drug-likeness (QED) is 0.258. The molecule has 1 saturated carbocycles. The molecule has 1 aliphatic carbocycles. The first kappa shape index (κ1) is 31.9. The van der Waals surface area contributed by atoms with Crippen molar-refractivity contribution in [1.29, 1.82) is 0 Å². The zero-order valence-corrected chi connectivity index (χ0v) is 29.0. The maximum Gasteiger partial charge on any atom is 0.238 e. The summed E-state index contributed by atoms with van der Waals surface area (Å²) in [6, 6.07) is 10.6. The van der Waals surface area contributed by atoms with Crippen molar-refractivity contribution in [2.75, 3.05) is 36.4 Å². The largest absolute Gasteiger partial charge is 0.343 e. The SMILES string of the molecule is CC(=O)N1CCC2(CC1)C(=O)N(C1CC(N3C[C@@H](C)[C@@H](C)C3)C1)c1cc(-c3cc4ncn(C(C)C)c4c(Nc4ccncc4F)n3)ccc12. The molecule has 1 spiro atoms. The minimum absolute atomic E-state index is 0.0565. The van der Waals surface area contributed by atoms with Crippen LogP contribution < -0.4 is 10.2 Å². The lowest BCUT2D eigenvalue weighted by atomic mass is 9.73. The smallest absolute Gasteiger partial charge is 0.238 e. The number of anilines is 3. The molecule has 4 aromatic rings. The second-order valence-corrected chi connectivity index (χ2v) is 15.1. The molecule has 11 heteroatoms. The Morgan fingerprint density at radius 2 is 1.78 bits per heavy atom. The number of likely N-dealkylation sites (tertiary alicyclic amines) is 2. The van der Waals surface area contributed by atoms with Crippen molar-refractivity contribution in [1.82, 2.24) is 29.3 Å². The van der Waals surface area contributed by atoms with Crippen molar-refractivity contribution in [2.45, 2.75) is 83.8 Å². The summed E-state index contributed by atoms with van der Waals surface area (Å²) in [7, 11) is 0. The molecule has 1 aromatic carbocycles. The summed E-state index contributed by atoms with van der Waals surface area (Å²) in [5.41, 5.74) is 4.74. The number of hydrogen-bond donors (Lipinski definition) is 1. The second kappa shape index (κ2) is 11.9. The van der Waals surface area contributed by atoms with E-state index < -0.39 is 11.2 Å². The van der Waals surface area contributed by atoms with E-state index in [9.17, 15) is 14.0 Å². The van der Waals surface area contributed by atoms with Gasteiger partial charge >= 0.3 is 0 Å². The molecular weight excluding hydrogens is 619 g/mol. The van der Waals surface area contributed by atoms with Crippen molar-refractivity contribution in [3.8, 4) is 11.3 Å². The van der Waals surface area contributed by atoms with Gasteiger partial charge in [0.1, 0.15) is 5.52 Å². The molecule has 256 valence electrons. The van der Waals surface area contributed by atoms with Crippen LogP contribution in [0, 0.1) is 17.7 Å². The highest BCUT2D eigenvalue weighted by Crippen LogP contribution is 2.52. The highest BCUT2D eigenvalue weighted by Gasteiger charge is 2.56. The molecule has 2 amide bonds. The molecule has 6 heterocycles. The number of carbonyl (C=O) groups is 2. The van der Waals surface area contributed by atoms with Crippen molar-refractivity contribution in [2.24, 2.45) is 11.8 Å². The number of carbonyl (C=O) groups excluding carboxylic acids is 2. The Hall–Kier alpha value is -4.38. The summed E-state index contributed by atoms with van der Waals surface area (Å²) in [6.45, 7) is 13.8. The number of pyridine rings is 2. The van der Waals surface area contributed by atoms with Gasteiger partial charge in [-0.3, -0.25) is 19.5 Å². The third-order valence-corrected chi connectivity index (χ3v) is 11.9. The summed E-state index contributed by atoms with van der Waals surface area (Å²) >= 11 is 0. The van der Waals surface area contributed by atoms with E-state index in [1.54, 1.807) is 25.5 Å². The van der Waals surface area contributed by atoms with Gasteiger partial charge in [0.25, 0.3) is 0 Å². The Balaban J connectivity index is 1.19. The second-order valence-electron chi connectivity index (χ2n) is 15.1. The van der Waals surface area contributed by atoms with Crippen LogP contribution in [-0.2, 0) is 15.0 Å². The number of amides is 2. The molecule has 2 saturated heterocycles. The number of nitrogens with zero attached hydrogens (tertiary/aromatic N) is 7. The fraction of sp³-hybridized carbons (Fsp3) is 0.500. The number of piperidine rings is 1. The van der Waals surface area contributed by atoms with Gasteiger partial charge in [-0.05, 0) is 75.1 Å². The fourth-order valence-corrected chi connectivity index (χ4v) is 8.63. The number of halogens is 1. The number of aromatic nitrogens is 4. The Bertz CT molecular complexity index is 1930. The first-order valence-corrected chi connectivity index (χ1v) is 17.8. The zero-order chi connectivity index (χ0) is 34.2. The molecule has 10 nitrogen and oxygen atoms in total. The number of benzene rings is 1. The van der Waals surface area contributed by atoms with Crippen LogP contribution in [0.4, 0.5) is 21.6 Å². The molecule has 3 fully saturated rings. The molecule has 3 aliphatic heterocycles. The van der Waals surface area contributed by atoms with E-state index in [0.29, 0.717) is 55.3 Å². The fourth-order valence-electron chi connectivity index (χ4n) is 8.63. The minimum Gasteiger partial charge on any atom is -0.343 e. The van der Waals surface area contributed by atoms with Crippen LogP contribution in [0.5, 0.6) is 0 Å². The summed E-state index contributed by atoms with van der Waals surface area (Å²) in [5.74, 6) is 1.64. The lowest BCUT2D eigenvalue weighted by Gasteiger charge is -2.46. The third-order valence-electron chi connectivity index (χ3n) is 11.9. The normalized spacial score (nSPS) is 25.0. The van der Waals surface area contributed by atoms with Crippen LogP contribution in [0.25, 0.3) is 22.3 Å². The topological polar surface area (TPSA) is 99.5 Å². The predicted molar refractivity (Wildman–Crippen MR) is 188 cm³/mol. The molecule has 8 rings (SSSR count). The number of imidazole rings is 1. The monoisotopic (exact) mass is 664 g/mol. The maximum absolute atomic E-state index is 14.8. The molecule has 0 unspecified atom stereocenters. The van der Waals surface area contributed by atoms with Crippen LogP contribution in [-0.4, -0.2) is 79.4 Å². The molecule has 1 N–H and O–H groups in total. The third kappa shape index (κ3) is 5.19. The van der Waals surface area contributed by atoms with Crippen LogP contribution in [0.15, 0.2) is 49.1 Å². The highest BCUT2D eigenvalue weighted by atomic mass is 19.1. The highest BCUT2D eigenvalue weighted by molar-refractivity contribution is 6.09. The molecule has 0 bridgehead atoms. The van der Waals surface area contributed by atoms with Gasteiger partial charge in [0.05, 0.1) is 34.8 Å². The molecule has 4 aliphatic rings. The van der Waals surface area contributed by atoms with Gasteiger partial charge in [-0.1, -0.05) is 26.0 Å². The first-order chi connectivity index (χ1) is 23.5. The van der Waals surface area contributed by atoms with E-state index in [0.717, 1.165) is 53.8 Å². The van der Waals surface area contributed by atoms with E-state index in [1.165, 1.54) is 6.20 Å². The van der Waals surface area contributed by atoms with Gasteiger partial charge in [-0.25, -0.2) is 14.4 Å². The average molecular weight is 665 g/mol. The van der Waals surface area contributed by atoms with Crippen LogP contribution in [0.1, 0.15) is 71.9 Å². The van der Waals surface area contributed by atoms with Crippen molar-refractivity contribution >= 4 is 40.0 Å². The molecule has 2 atom stereocenters. The average Bonchev–Trinajstić information content (AvgIpc) is 3.71. The van der Waals surface area contributed by atoms with Gasteiger partial charge in [-0.15, -0.1) is 0 Å². The summed E-state index contributed by atoms with van der Waals surface area (Å²) in [4.78, 5) is 47.2. The molecular formula is C38H45FN8O2. The Morgan fingerprint density at radius 3 is 2.45 bits per heavy atom. The van der Waals surface area contributed by atoms with Gasteiger partial charge in [0.15, 0.2) is 11.6 Å². The standard InChI is InChI=1S/C38H45FN8O2/c1-22(2)46-21-41-33-17-32(43-36(35(33)46)42-31-8-11-40-18-30(31)39)26-6-7-29-34(14-26)47(28-15-27(16-28)45-19-23(3)24(4)20-45)37(49)38(29)9-12-44(13-10-38)25(5)48/h6-8,11,14,17-18,21-24,27-28H,9-10,12-13,15-16,19-20H2,1-5H3,(H,40,42,43)/t23-,24+,27?,28?. The van der Waals surface area contributed by atoms with E-state index >= 15 is 0 Å². The van der Waals surface area contributed by atoms with Gasteiger partial charge in [0.2, 0.25) is 11.8 Å². The Morgan fingerprint density at radius 1 is 1.04 bits per heavy atom. The maximum atomic E-state index is 14.8. The molecule has 3 aromatic heterocycles. The number of fused-ring (bicyclic) bond motifs is 3. The van der Waals surface area contributed by atoms with E-state index in [2.05, 4.69) is 66.0 Å². The van der Waals surface area contributed by atoms with Gasteiger partial charge < -0.3 is 19.7 Å². The van der Waals surface area contributed by atoms with Gasteiger partial charge in [-0.2, -0.15) is 0 Å². The lowest BCUT2D eigenvalue weighted by Crippen LogP contribution is -2.57. The van der Waals surface area contributed by atoms with Gasteiger partial charge in [0, 0.05) is 68.7 Å². The van der Waals surface area contributed by atoms with E-state index in [1.807, 2.05) is 15.5 Å². The number of nitrogens with one attached hydrogen (secondary N) is 1. The van der Waals surface area contributed by atoms with Crippen molar-refractivity contribution in [3.63, 3.8) is 0 Å². The van der Waals surface area contributed by atoms with Crippen LogP contribution in [0.3, 0.4) is 0 Å². The molecule has 49 heavy (non-hydrogen) atoms. The Labute approximate surface area is 286 Å². The Kier molecular flexibility index (Phi) is 7.73. The van der Waals surface area contributed by atoms with E-state index in [-0.39, 0.29) is 29.6 Å². The molecule has 0 radical (unpaired) electrons. The number of rotatable bonds is 6. The van der Waals surface area contributed by atoms with E-state index in [4.69, 9.17) is 9.97 Å². The summed E-state index contributed by atoms with van der Waals surface area (Å²) in [5, 5.41) is 3.22. The van der Waals surface area contributed by atoms with Crippen molar-refractivity contribution < 1.29 is 14.0 Å². The summed E-state index contributed by atoms with van der Waals surface area (Å²) < 4.78 is 16.8. The zero-order valence-electron chi connectivity index (χ0n) is 29.0.